The molecular formula is C48H84O4. The van der Waals surface area contributed by atoms with E-state index in [4.69, 9.17) is 9.84 Å². The summed E-state index contributed by atoms with van der Waals surface area (Å²) in [6.45, 7) is 4.44. The van der Waals surface area contributed by atoms with Gasteiger partial charge in [-0.15, -0.1) is 0 Å². The minimum atomic E-state index is -0.679. The van der Waals surface area contributed by atoms with Gasteiger partial charge in [0.15, 0.2) is 0 Å². The van der Waals surface area contributed by atoms with Crippen molar-refractivity contribution in [3.63, 3.8) is 0 Å². The topological polar surface area (TPSA) is 63.6 Å². The molecule has 300 valence electrons. The van der Waals surface area contributed by atoms with Gasteiger partial charge in [-0.05, 0) is 83.5 Å². The summed E-state index contributed by atoms with van der Waals surface area (Å²) in [4.78, 5) is 23.4. The Hall–Kier alpha value is -2.36. The maximum Gasteiger partial charge on any atom is 0.306 e. The first-order chi connectivity index (χ1) is 25.6. The SMILES string of the molecule is CC/C=C\C/C=C\C/C=C\C/C=C\C/C=C\CCCCCCCC(=O)OC(CCCCCCCCCCC)CCCCCCCCCCCC(=O)O. The molecule has 0 spiro atoms. The highest BCUT2D eigenvalue weighted by molar-refractivity contribution is 5.69. The number of carbonyl (C=O) groups is 2. The van der Waals surface area contributed by atoms with E-state index in [2.05, 4.69) is 74.6 Å². The number of carboxylic acid groups (broad SMARTS) is 1. The molecule has 0 amide bonds. The van der Waals surface area contributed by atoms with E-state index in [-0.39, 0.29) is 12.1 Å². The summed E-state index contributed by atoms with van der Waals surface area (Å²) in [6.07, 6.45) is 59.7. The smallest absolute Gasteiger partial charge is 0.306 e. The summed E-state index contributed by atoms with van der Waals surface area (Å²) >= 11 is 0. The lowest BCUT2D eigenvalue weighted by atomic mass is 10.0. The molecule has 0 saturated carbocycles. The highest BCUT2D eigenvalue weighted by Crippen LogP contribution is 2.19. The van der Waals surface area contributed by atoms with Crippen LogP contribution in [0.4, 0.5) is 0 Å². The fourth-order valence-electron chi connectivity index (χ4n) is 6.51. The van der Waals surface area contributed by atoms with Crippen LogP contribution in [0.5, 0.6) is 0 Å². The molecule has 0 heterocycles. The number of carbonyl (C=O) groups excluding carboxylic acids is 1. The Morgan fingerprint density at radius 2 is 0.808 bits per heavy atom. The Kier molecular flexibility index (Phi) is 41.1. The molecule has 0 aromatic carbocycles. The fourth-order valence-corrected chi connectivity index (χ4v) is 6.51. The van der Waals surface area contributed by atoms with E-state index in [1.807, 2.05) is 0 Å². The third-order valence-electron chi connectivity index (χ3n) is 9.75. The summed E-state index contributed by atoms with van der Waals surface area (Å²) in [5.74, 6) is -0.663. The van der Waals surface area contributed by atoms with Crippen molar-refractivity contribution in [1.82, 2.24) is 0 Å². The molecule has 0 fully saturated rings. The van der Waals surface area contributed by atoms with Crippen molar-refractivity contribution >= 4 is 11.9 Å². The third-order valence-corrected chi connectivity index (χ3v) is 9.75. The van der Waals surface area contributed by atoms with Crippen LogP contribution in [0.15, 0.2) is 60.8 Å². The second-order valence-electron chi connectivity index (χ2n) is 14.9. The van der Waals surface area contributed by atoms with Crippen LogP contribution in [-0.2, 0) is 14.3 Å². The van der Waals surface area contributed by atoms with Gasteiger partial charge >= 0.3 is 11.9 Å². The van der Waals surface area contributed by atoms with Crippen molar-refractivity contribution in [2.45, 2.75) is 232 Å². The molecule has 0 aromatic heterocycles. The number of esters is 1. The van der Waals surface area contributed by atoms with Gasteiger partial charge in [0.25, 0.3) is 0 Å². The van der Waals surface area contributed by atoms with Crippen LogP contribution in [-0.4, -0.2) is 23.1 Å². The van der Waals surface area contributed by atoms with Crippen molar-refractivity contribution in [1.29, 1.82) is 0 Å². The minimum absolute atomic E-state index is 0.0163. The molecule has 0 saturated heterocycles. The van der Waals surface area contributed by atoms with Crippen molar-refractivity contribution in [2.75, 3.05) is 0 Å². The van der Waals surface area contributed by atoms with E-state index in [0.717, 1.165) is 89.9 Å². The summed E-state index contributed by atoms with van der Waals surface area (Å²) in [5.41, 5.74) is 0. The van der Waals surface area contributed by atoms with Gasteiger partial charge in [-0.1, -0.05) is 190 Å². The Bertz CT molecular complexity index is 911. The molecule has 4 nitrogen and oxygen atoms in total. The molecule has 4 heteroatoms. The average molecular weight is 725 g/mol. The molecule has 0 aromatic rings. The highest BCUT2D eigenvalue weighted by Gasteiger charge is 2.14. The molecule has 1 unspecified atom stereocenters. The lowest BCUT2D eigenvalue weighted by molar-refractivity contribution is -0.150. The predicted molar refractivity (Wildman–Crippen MR) is 227 cm³/mol. The van der Waals surface area contributed by atoms with Gasteiger partial charge < -0.3 is 9.84 Å². The Labute approximate surface area is 323 Å². The molecule has 0 rings (SSSR count). The number of rotatable bonds is 40. The molecular weight excluding hydrogens is 641 g/mol. The van der Waals surface area contributed by atoms with Gasteiger partial charge in [-0.2, -0.15) is 0 Å². The monoisotopic (exact) mass is 725 g/mol. The average Bonchev–Trinajstić information content (AvgIpc) is 3.13. The van der Waals surface area contributed by atoms with Crippen LogP contribution in [0.2, 0.25) is 0 Å². The number of allylic oxidation sites excluding steroid dienone is 10. The second kappa shape index (κ2) is 43.0. The zero-order valence-corrected chi connectivity index (χ0v) is 34.4. The van der Waals surface area contributed by atoms with Crippen LogP contribution in [0.3, 0.4) is 0 Å². The number of hydrogen-bond donors (Lipinski definition) is 1. The van der Waals surface area contributed by atoms with Gasteiger partial charge in [-0.3, -0.25) is 9.59 Å². The standard InChI is InChI=1S/C48H84O4/c1-3-5-7-9-11-13-14-15-16-17-18-19-20-21-22-23-24-29-33-37-41-45-48(51)52-46(42-38-34-30-26-12-10-8-6-4-2)43-39-35-31-27-25-28-32-36-40-44-47(49)50/h5,7,11,13,15-16,18-19,21-22,46H,3-4,6,8-10,12,14,17,20,23-45H2,1-2H3,(H,49,50)/b7-5-,13-11-,16-15-,19-18-,22-21-. The van der Waals surface area contributed by atoms with E-state index in [1.165, 1.54) is 109 Å². The van der Waals surface area contributed by atoms with Crippen molar-refractivity contribution in [3.05, 3.63) is 60.8 Å². The number of hydrogen-bond acceptors (Lipinski definition) is 3. The Morgan fingerprint density at radius 1 is 0.442 bits per heavy atom. The summed E-state index contributed by atoms with van der Waals surface area (Å²) < 4.78 is 6.06. The van der Waals surface area contributed by atoms with E-state index >= 15 is 0 Å². The first kappa shape index (κ1) is 49.6. The quantitative estimate of drug-likeness (QED) is 0.0388. The van der Waals surface area contributed by atoms with Crippen LogP contribution >= 0.6 is 0 Å². The first-order valence-electron chi connectivity index (χ1n) is 22.3. The maximum absolute atomic E-state index is 12.8. The van der Waals surface area contributed by atoms with Gasteiger partial charge in [0.2, 0.25) is 0 Å². The molecule has 0 bridgehead atoms. The van der Waals surface area contributed by atoms with E-state index in [0.29, 0.717) is 12.8 Å². The molecule has 1 N–H and O–H groups in total. The maximum atomic E-state index is 12.8. The third kappa shape index (κ3) is 42.1. The molecule has 0 radical (unpaired) electrons. The normalized spacial score (nSPS) is 12.8. The second-order valence-corrected chi connectivity index (χ2v) is 14.9. The molecule has 0 aliphatic rings. The molecule has 1 atom stereocenters. The van der Waals surface area contributed by atoms with Crippen LogP contribution in [0, 0.1) is 0 Å². The lowest BCUT2D eigenvalue weighted by Gasteiger charge is -2.18. The van der Waals surface area contributed by atoms with Gasteiger partial charge in [0.1, 0.15) is 6.10 Å². The number of aliphatic carboxylic acids is 1. The zero-order valence-electron chi connectivity index (χ0n) is 34.4. The zero-order chi connectivity index (χ0) is 37.8. The summed E-state index contributed by atoms with van der Waals surface area (Å²) in [6, 6.07) is 0. The van der Waals surface area contributed by atoms with Crippen LogP contribution in [0.25, 0.3) is 0 Å². The number of ether oxygens (including phenoxy) is 1. The summed E-state index contributed by atoms with van der Waals surface area (Å²) in [7, 11) is 0. The highest BCUT2D eigenvalue weighted by atomic mass is 16.5. The Balaban J connectivity index is 4.06. The number of unbranched alkanes of at least 4 members (excludes halogenated alkanes) is 21. The largest absolute Gasteiger partial charge is 0.481 e. The van der Waals surface area contributed by atoms with Crippen molar-refractivity contribution in [2.24, 2.45) is 0 Å². The van der Waals surface area contributed by atoms with E-state index < -0.39 is 5.97 Å². The van der Waals surface area contributed by atoms with Gasteiger partial charge in [0, 0.05) is 12.8 Å². The first-order valence-corrected chi connectivity index (χ1v) is 22.3. The lowest BCUT2D eigenvalue weighted by Crippen LogP contribution is -2.18. The van der Waals surface area contributed by atoms with Crippen LogP contribution < -0.4 is 0 Å². The fraction of sp³-hybridized carbons (Fsp3) is 0.750. The molecule has 0 aliphatic carbocycles. The Morgan fingerprint density at radius 3 is 1.25 bits per heavy atom. The number of carboxylic acids is 1. The van der Waals surface area contributed by atoms with E-state index in [1.54, 1.807) is 0 Å². The van der Waals surface area contributed by atoms with Crippen molar-refractivity contribution in [3.8, 4) is 0 Å². The van der Waals surface area contributed by atoms with E-state index in [9.17, 15) is 9.59 Å². The minimum Gasteiger partial charge on any atom is -0.481 e. The molecule has 52 heavy (non-hydrogen) atoms. The predicted octanol–water partition coefficient (Wildman–Crippen LogP) is 15.7. The molecule has 0 aliphatic heterocycles. The van der Waals surface area contributed by atoms with Crippen LogP contribution in [0.1, 0.15) is 226 Å². The van der Waals surface area contributed by atoms with Gasteiger partial charge in [0.05, 0.1) is 0 Å². The van der Waals surface area contributed by atoms with Crippen molar-refractivity contribution < 1.29 is 19.4 Å². The van der Waals surface area contributed by atoms with Gasteiger partial charge in [-0.25, -0.2) is 0 Å². The summed E-state index contributed by atoms with van der Waals surface area (Å²) in [5, 5.41) is 8.75.